The topological polar surface area (TPSA) is 106 Å². The number of carbonyl (C=O) groups is 1. The number of ketones is 1. The molecule has 0 aliphatic heterocycles. The summed E-state index contributed by atoms with van der Waals surface area (Å²) in [6, 6.07) is 0.430. The second-order valence-corrected chi connectivity index (χ2v) is 4.85. The van der Waals surface area contributed by atoms with Crippen molar-refractivity contribution in [1.29, 1.82) is 0 Å². The third-order valence-electron chi connectivity index (χ3n) is 2.76. The van der Waals surface area contributed by atoms with Crippen LogP contribution >= 0.6 is 0 Å². The van der Waals surface area contributed by atoms with Crippen LogP contribution < -0.4 is 4.84 Å². The summed E-state index contributed by atoms with van der Waals surface area (Å²) in [6.07, 6.45) is 0.910. The lowest BCUT2D eigenvalue weighted by molar-refractivity contribution is -0.480. The van der Waals surface area contributed by atoms with E-state index < -0.39 is 10.7 Å². The Kier molecular flexibility index (Phi) is 3.70. The van der Waals surface area contributed by atoms with Crippen molar-refractivity contribution in [1.82, 2.24) is 20.1 Å². The van der Waals surface area contributed by atoms with Crippen molar-refractivity contribution in [3.63, 3.8) is 0 Å². The van der Waals surface area contributed by atoms with Crippen molar-refractivity contribution in [3.8, 4) is 0 Å². The van der Waals surface area contributed by atoms with E-state index in [1.54, 1.807) is 37.7 Å². The molecule has 0 radical (unpaired) electrons. The summed E-state index contributed by atoms with van der Waals surface area (Å²) in [6.45, 7) is 0. The normalized spacial score (nSPS) is 13.3. The zero-order valence-electron chi connectivity index (χ0n) is 12.1. The molecule has 0 saturated carbocycles. The number of rotatable bonds is 2. The van der Waals surface area contributed by atoms with Gasteiger partial charge in [-0.25, -0.2) is 9.48 Å². The van der Waals surface area contributed by atoms with E-state index in [1.165, 1.54) is 0 Å². The molecule has 1 aromatic rings. The molecule has 0 amide bonds. The van der Waals surface area contributed by atoms with E-state index in [1.807, 2.05) is 0 Å². The quantitative estimate of drug-likeness (QED) is 0.222. The van der Waals surface area contributed by atoms with Crippen LogP contribution in [-0.4, -0.2) is 69.6 Å². The first-order chi connectivity index (χ1) is 9.81. The lowest BCUT2D eigenvalue weighted by Gasteiger charge is -2.12. The van der Waals surface area contributed by atoms with Crippen molar-refractivity contribution < 1.29 is 19.1 Å². The summed E-state index contributed by atoms with van der Waals surface area (Å²) in [5.41, 5.74) is 0.122. The smallest absolute Gasteiger partial charge is 0.287 e. The molecule has 10 nitrogen and oxygen atoms in total. The minimum absolute atomic E-state index is 0.0588. The lowest BCUT2D eigenvalue weighted by Crippen LogP contribution is -2.40. The third-order valence-corrected chi connectivity index (χ3v) is 2.76. The Morgan fingerprint density at radius 1 is 1.48 bits per heavy atom. The fourth-order valence-electron chi connectivity index (χ4n) is 1.92. The summed E-state index contributed by atoms with van der Waals surface area (Å²) in [4.78, 5) is 30.4. The molecule has 1 aliphatic carbocycles. The zero-order chi connectivity index (χ0) is 15.7. The summed E-state index contributed by atoms with van der Waals surface area (Å²) in [5, 5.41) is 18.3. The van der Waals surface area contributed by atoms with Crippen LogP contribution in [0.3, 0.4) is 0 Å². The molecule has 0 unspecified atom stereocenters. The minimum Gasteiger partial charge on any atom is -0.287 e. The van der Waals surface area contributed by atoms with Gasteiger partial charge in [-0.15, -0.1) is 5.10 Å². The highest BCUT2D eigenvalue weighted by molar-refractivity contribution is 6.05. The molecule has 1 heterocycles. The Balaban J connectivity index is 2.37. The molecule has 112 valence electrons. The second kappa shape index (κ2) is 5.31. The molecule has 0 bridgehead atoms. The molecule has 0 fully saturated rings. The van der Waals surface area contributed by atoms with E-state index in [9.17, 15) is 14.9 Å². The summed E-state index contributed by atoms with van der Waals surface area (Å²) < 4.78 is 1.69. The number of carbonyl (C=O) groups excluding carboxylic acids is 1. The number of amidine groups is 1. The van der Waals surface area contributed by atoms with Crippen LogP contribution in [0.15, 0.2) is 11.8 Å². The van der Waals surface area contributed by atoms with Crippen LogP contribution in [0.5, 0.6) is 0 Å². The Bertz CT molecular complexity index is 668. The number of fused-ring (bicyclic) bond motifs is 1. The predicted molar refractivity (Wildman–Crippen MR) is 70.5 cm³/mol. The first-order valence-corrected chi connectivity index (χ1v) is 6.05. The largest absolute Gasteiger partial charge is 0.471 e. The highest BCUT2D eigenvalue weighted by Crippen LogP contribution is 2.18. The van der Waals surface area contributed by atoms with Gasteiger partial charge in [0.1, 0.15) is 5.69 Å². The second-order valence-electron chi connectivity index (χ2n) is 4.85. The first-order valence-electron chi connectivity index (χ1n) is 6.05. The summed E-state index contributed by atoms with van der Waals surface area (Å²) >= 11 is 0. The molecule has 0 atom stereocenters. The van der Waals surface area contributed by atoms with E-state index in [0.29, 0.717) is 6.02 Å². The first kappa shape index (κ1) is 14.6. The number of allylic oxidation sites excluding steroid dienone is 2. The molecule has 2 rings (SSSR count). The SMILES string of the molecule is CN(C)C(On1nnc2c1C(=O)C=C([N+](=O)[O-])C2)=[N+](C)C. The van der Waals surface area contributed by atoms with Crippen LogP contribution in [-0.2, 0) is 6.42 Å². The van der Waals surface area contributed by atoms with E-state index in [-0.39, 0.29) is 23.5 Å². The van der Waals surface area contributed by atoms with Gasteiger partial charge in [0, 0.05) is 0 Å². The molecule has 1 aliphatic rings. The Labute approximate surface area is 120 Å². The highest BCUT2D eigenvalue weighted by atomic mass is 16.7. The molecule has 0 saturated heterocycles. The van der Waals surface area contributed by atoms with Gasteiger partial charge in [-0.05, 0) is 5.21 Å². The lowest BCUT2D eigenvalue weighted by atomic mass is 10.0. The van der Waals surface area contributed by atoms with Gasteiger partial charge < -0.3 is 0 Å². The van der Waals surface area contributed by atoms with Gasteiger partial charge in [0.05, 0.1) is 45.6 Å². The number of hydrogen-bond donors (Lipinski definition) is 0. The maximum atomic E-state index is 12.0. The maximum Gasteiger partial charge on any atom is 0.471 e. The van der Waals surface area contributed by atoms with Crippen molar-refractivity contribution in [3.05, 3.63) is 33.3 Å². The van der Waals surface area contributed by atoms with Gasteiger partial charge in [-0.2, -0.15) is 0 Å². The van der Waals surface area contributed by atoms with Crippen LogP contribution in [0.25, 0.3) is 0 Å². The fraction of sp³-hybridized carbons (Fsp3) is 0.455. The van der Waals surface area contributed by atoms with Crippen LogP contribution in [0.4, 0.5) is 0 Å². The standard InChI is InChI=1S/C11H15N6O4/c1-14(2)11(15(3)4)21-16-10-8(12-13-16)5-7(17(19)20)6-9(10)18/h6H,5H2,1-4H3/q+1. The van der Waals surface area contributed by atoms with E-state index in [2.05, 4.69) is 10.3 Å². The average Bonchev–Trinajstić information content (AvgIpc) is 2.78. The van der Waals surface area contributed by atoms with Gasteiger partial charge in [0.2, 0.25) is 5.78 Å². The van der Waals surface area contributed by atoms with E-state index in [4.69, 9.17) is 4.84 Å². The highest BCUT2D eigenvalue weighted by Gasteiger charge is 2.32. The summed E-state index contributed by atoms with van der Waals surface area (Å²) in [5.74, 6) is -0.551. The molecule has 10 heteroatoms. The van der Waals surface area contributed by atoms with Crippen LogP contribution in [0, 0.1) is 10.1 Å². The molecule has 0 aromatic carbocycles. The van der Waals surface area contributed by atoms with Gasteiger partial charge in [0.15, 0.2) is 5.69 Å². The third kappa shape index (κ3) is 2.73. The van der Waals surface area contributed by atoms with Gasteiger partial charge in [0.25, 0.3) is 5.70 Å². The number of hydrogen-bond acceptors (Lipinski definition) is 6. The Hall–Kier alpha value is -2.78. The monoisotopic (exact) mass is 295 g/mol. The van der Waals surface area contributed by atoms with Crippen molar-refractivity contribution >= 4 is 11.8 Å². The number of aromatic nitrogens is 3. The predicted octanol–water partition coefficient (Wildman–Crippen LogP) is -1.20. The number of nitrogens with zero attached hydrogens (tertiary/aromatic N) is 6. The van der Waals surface area contributed by atoms with Crippen molar-refractivity contribution in [2.75, 3.05) is 28.2 Å². The minimum atomic E-state index is -0.599. The molecule has 0 N–H and O–H groups in total. The molecule has 0 spiro atoms. The number of nitro groups is 1. The van der Waals surface area contributed by atoms with E-state index >= 15 is 0 Å². The molecular weight excluding hydrogens is 280 g/mol. The van der Waals surface area contributed by atoms with Gasteiger partial charge in [-0.1, -0.05) is 4.85 Å². The Morgan fingerprint density at radius 3 is 2.67 bits per heavy atom. The van der Waals surface area contributed by atoms with Gasteiger partial charge >= 0.3 is 6.02 Å². The molecule has 21 heavy (non-hydrogen) atoms. The Morgan fingerprint density at radius 2 is 2.14 bits per heavy atom. The van der Waals surface area contributed by atoms with E-state index in [0.717, 1.165) is 10.9 Å². The maximum absolute atomic E-state index is 12.0. The molecular formula is C11H15N6O4+. The van der Waals surface area contributed by atoms with Crippen LogP contribution in [0.1, 0.15) is 16.2 Å². The van der Waals surface area contributed by atoms with Gasteiger partial charge in [-0.3, -0.25) is 19.7 Å². The fourth-order valence-corrected chi connectivity index (χ4v) is 1.92. The molecule has 1 aromatic heterocycles. The van der Waals surface area contributed by atoms with Crippen molar-refractivity contribution in [2.45, 2.75) is 6.42 Å². The van der Waals surface area contributed by atoms with Crippen molar-refractivity contribution in [2.24, 2.45) is 0 Å². The summed E-state index contributed by atoms with van der Waals surface area (Å²) in [7, 11) is 7.08. The van der Waals surface area contributed by atoms with Crippen LogP contribution in [0.2, 0.25) is 0 Å². The zero-order valence-corrected chi connectivity index (χ0v) is 12.1. The average molecular weight is 295 g/mol.